The lowest BCUT2D eigenvalue weighted by Gasteiger charge is -2.16. The molecule has 0 amide bonds. The normalized spacial score (nSPS) is 20.2. The summed E-state index contributed by atoms with van der Waals surface area (Å²) in [4.78, 5) is 0. The predicted molar refractivity (Wildman–Crippen MR) is 78.8 cm³/mol. The van der Waals surface area contributed by atoms with E-state index in [4.69, 9.17) is 9.47 Å². The quantitative estimate of drug-likeness (QED) is 0.680. The van der Waals surface area contributed by atoms with Crippen LogP contribution in [0.5, 0.6) is 0 Å². The molecule has 0 radical (unpaired) electrons. The Balaban J connectivity index is 0.000000327. The molecule has 104 valence electrons. The van der Waals surface area contributed by atoms with Crippen LogP contribution in [-0.4, -0.2) is 25.4 Å². The van der Waals surface area contributed by atoms with Crippen molar-refractivity contribution < 1.29 is 9.47 Å². The van der Waals surface area contributed by atoms with Crippen LogP contribution in [0.4, 0.5) is 0 Å². The summed E-state index contributed by atoms with van der Waals surface area (Å²) >= 11 is 0. The van der Waals surface area contributed by atoms with Crippen molar-refractivity contribution in [1.29, 1.82) is 0 Å². The Morgan fingerprint density at radius 2 is 2.33 bits per heavy atom. The zero-order chi connectivity index (χ0) is 14.0. The van der Waals surface area contributed by atoms with Crippen LogP contribution >= 0.6 is 0 Å². The molecule has 2 heteroatoms. The molecule has 0 aromatic rings. The molecule has 0 saturated carbocycles. The Hall–Kier alpha value is -0.860. The molecular formula is C16H28O2. The van der Waals surface area contributed by atoms with Crippen molar-refractivity contribution in [1.82, 2.24) is 0 Å². The second-order valence-electron chi connectivity index (χ2n) is 5.01. The monoisotopic (exact) mass is 252 g/mol. The smallest absolute Gasteiger partial charge is 0.0677 e. The van der Waals surface area contributed by atoms with E-state index in [1.54, 1.807) is 0 Å². The zero-order valence-electron chi connectivity index (χ0n) is 12.4. The third-order valence-corrected chi connectivity index (χ3v) is 2.51. The van der Waals surface area contributed by atoms with Crippen LogP contribution in [-0.2, 0) is 9.47 Å². The number of hydrogen-bond acceptors (Lipinski definition) is 2. The maximum Gasteiger partial charge on any atom is 0.0677 e. The van der Waals surface area contributed by atoms with E-state index < -0.39 is 0 Å². The molecule has 0 N–H and O–H groups in total. The van der Waals surface area contributed by atoms with E-state index >= 15 is 0 Å². The summed E-state index contributed by atoms with van der Waals surface area (Å²) in [5, 5.41) is 0. The van der Waals surface area contributed by atoms with E-state index in [-0.39, 0.29) is 6.10 Å². The molecule has 1 heterocycles. The number of ether oxygens (including phenoxy) is 2. The average molecular weight is 252 g/mol. The molecular weight excluding hydrogens is 224 g/mol. The van der Waals surface area contributed by atoms with Crippen LogP contribution in [0.15, 0.2) is 36.5 Å². The summed E-state index contributed by atoms with van der Waals surface area (Å²) in [6, 6.07) is 0. The number of hydrogen-bond donors (Lipinski definition) is 0. The van der Waals surface area contributed by atoms with E-state index in [0.717, 1.165) is 25.0 Å². The SMILES string of the molecule is C=CCC(C)OCC(=C)C.CC1=CCC(C)OC1. The minimum atomic E-state index is 0.272. The summed E-state index contributed by atoms with van der Waals surface area (Å²) in [5.74, 6) is 0. The van der Waals surface area contributed by atoms with Crippen molar-refractivity contribution in [2.45, 2.75) is 52.7 Å². The maximum absolute atomic E-state index is 5.37. The van der Waals surface area contributed by atoms with Crippen LogP contribution in [0.25, 0.3) is 0 Å². The second kappa shape index (κ2) is 10.1. The van der Waals surface area contributed by atoms with Gasteiger partial charge in [-0.15, -0.1) is 6.58 Å². The number of rotatable bonds is 5. The fraction of sp³-hybridized carbons (Fsp3) is 0.625. The molecule has 2 nitrogen and oxygen atoms in total. The van der Waals surface area contributed by atoms with E-state index in [2.05, 4.69) is 33.1 Å². The van der Waals surface area contributed by atoms with Crippen LogP contribution < -0.4 is 0 Å². The van der Waals surface area contributed by atoms with Gasteiger partial charge < -0.3 is 9.47 Å². The predicted octanol–water partition coefficient (Wildman–Crippen LogP) is 4.29. The molecule has 18 heavy (non-hydrogen) atoms. The summed E-state index contributed by atoms with van der Waals surface area (Å²) in [5.41, 5.74) is 2.43. The molecule has 1 aliphatic heterocycles. The fourth-order valence-electron chi connectivity index (χ4n) is 1.36. The van der Waals surface area contributed by atoms with Gasteiger partial charge in [0, 0.05) is 0 Å². The average Bonchev–Trinajstić information content (AvgIpc) is 2.32. The van der Waals surface area contributed by atoms with Gasteiger partial charge in [0.25, 0.3) is 0 Å². The van der Waals surface area contributed by atoms with Gasteiger partial charge >= 0.3 is 0 Å². The molecule has 0 aromatic carbocycles. The highest BCUT2D eigenvalue weighted by Crippen LogP contribution is 2.09. The van der Waals surface area contributed by atoms with Gasteiger partial charge in [0.05, 0.1) is 25.4 Å². The Morgan fingerprint density at radius 1 is 1.67 bits per heavy atom. The maximum atomic E-state index is 5.37. The van der Waals surface area contributed by atoms with Crippen LogP contribution in [0.2, 0.25) is 0 Å². The van der Waals surface area contributed by atoms with Gasteiger partial charge in [-0.1, -0.05) is 29.9 Å². The second-order valence-corrected chi connectivity index (χ2v) is 5.01. The molecule has 0 bridgehead atoms. The van der Waals surface area contributed by atoms with Gasteiger partial charge in [0.15, 0.2) is 0 Å². The van der Waals surface area contributed by atoms with Gasteiger partial charge in [-0.2, -0.15) is 0 Å². The van der Waals surface area contributed by atoms with Gasteiger partial charge in [0.2, 0.25) is 0 Å². The van der Waals surface area contributed by atoms with Gasteiger partial charge in [-0.3, -0.25) is 0 Å². The Kier molecular flexibility index (Phi) is 9.62. The first-order chi connectivity index (χ1) is 8.45. The zero-order valence-corrected chi connectivity index (χ0v) is 12.4. The largest absolute Gasteiger partial charge is 0.374 e. The first-order valence-electron chi connectivity index (χ1n) is 6.59. The lowest BCUT2D eigenvalue weighted by Crippen LogP contribution is -2.13. The van der Waals surface area contributed by atoms with E-state index in [1.165, 1.54) is 5.57 Å². The first kappa shape index (κ1) is 17.1. The van der Waals surface area contributed by atoms with E-state index in [9.17, 15) is 0 Å². The van der Waals surface area contributed by atoms with Gasteiger partial charge in [0.1, 0.15) is 0 Å². The van der Waals surface area contributed by atoms with Crippen molar-refractivity contribution in [2.75, 3.05) is 13.2 Å². The minimum Gasteiger partial charge on any atom is -0.374 e. The van der Waals surface area contributed by atoms with Crippen molar-refractivity contribution in [3.05, 3.63) is 36.5 Å². The molecule has 0 aromatic heterocycles. The third kappa shape index (κ3) is 10.3. The van der Waals surface area contributed by atoms with Crippen LogP contribution in [0.1, 0.15) is 40.5 Å². The molecule has 1 aliphatic rings. The summed E-state index contributed by atoms with van der Waals surface area (Å²) < 4.78 is 10.7. The van der Waals surface area contributed by atoms with Crippen LogP contribution in [0, 0.1) is 0 Å². The standard InChI is InChI=1S/C9H16O.C7H12O/c1-5-6-9(4)10-7-8(2)3;1-6-3-4-7(2)8-5-6/h5,9H,1-2,6-7H2,3-4H3;3,7H,4-5H2,1-2H3. The lowest BCUT2D eigenvalue weighted by atomic mass is 10.1. The topological polar surface area (TPSA) is 18.5 Å². The molecule has 0 aliphatic carbocycles. The molecule has 2 atom stereocenters. The third-order valence-electron chi connectivity index (χ3n) is 2.51. The van der Waals surface area contributed by atoms with Gasteiger partial charge in [-0.05, 0) is 40.5 Å². The Labute approximate surface area is 112 Å². The van der Waals surface area contributed by atoms with Crippen molar-refractivity contribution in [2.24, 2.45) is 0 Å². The Morgan fingerprint density at radius 3 is 2.72 bits per heavy atom. The fourth-order valence-corrected chi connectivity index (χ4v) is 1.36. The summed E-state index contributed by atoms with van der Waals surface area (Å²) in [7, 11) is 0. The highest BCUT2D eigenvalue weighted by atomic mass is 16.5. The molecule has 2 unspecified atom stereocenters. The van der Waals surface area contributed by atoms with E-state index in [0.29, 0.717) is 12.7 Å². The Bertz CT molecular complexity index is 279. The summed E-state index contributed by atoms with van der Waals surface area (Å²) in [6.45, 7) is 17.1. The molecule has 0 fully saturated rings. The highest BCUT2D eigenvalue weighted by molar-refractivity contribution is 5.01. The van der Waals surface area contributed by atoms with E-state index in [1.807, 2.05) is 19.9 Å². The molecule has 1 rings (SSSR count). The van der Waals surface area contributed by atoms with Gasteiger partial charge in [-0.25, -0.2) is 0 Å². The first-order valence-corrected chi connectivity index (χ1v) is 6.59. The van der Waals surface area contributed by atoms with Crippen molar-refractivity contribution >= 4 is 0 Å². The highest BCUT2D eigenvalue weighted by Gasteiger charge is 2.05. The summed E-state index contributed by atoms with van der Waals surface area (Å²) in [6.07, 6.45) is 6.82. The van der Waals surface area contributed by atoms with Crippen molar-refractivity contribution in [3.8, 4) is 0 Å². The van der Waals surface area contributed by atoms with Crippen LogP contribution in [0.3, 0.4) is 0 Å². The van der Waals surface area contributed by atoms with Crippen molar-refractivity contribution in [3.63, 3.8) is 0 Å². The molecule has 0 spiro atoms. The lowest BCUT2D eigenvalue weighted by molar-refractivity contribution is 0.0758. The minimum absolute atomic E-state index is 0.272. The molecule has 0 saturated heterocycles.